The molecule has 1 unspecified atom stereocenters. The molecule has 0 aromatic heterocycles. The minimum absolute atomic E-state index is 0.201. The van der Waals surface area contributed by atoms with E-state index in [4.69, 9.17) is 0 Å². The highest BCUT2D eigenvalue weighted by molar-refractivity contribution is 5.95. The molecule has 1 amide bonds. The smallest absolute Gasteiger partial charge is 0.227 e. The van der Waals surface area contributed by atoms with Gasteiger partial charge in [0.2, 0.25) is 5.91 Å². The molecule has 90 valence electrons. The van der Waals surface area contributed by atoms with Gasteiger partial charge in [0.05, 0.1) is 0 Å². The lowest BCUT2D eigenvalue weighted by atomic mass is 10.0. The maximum atomic E-state index is 11.8. The molecular formula is C15H19NO. The fourth-order valence-corrected chi connectivity index (χ4v) is 2.18. The van der Waals surface area contributed by atoms with Crippen LogP contribution in [0.2, 0.25) is 0 Å². The molecule has 0 N–H and O–H groups in total. The number of nitrogens with zero attached hydrogens (tertiary/aromatic N) is 1. The van der Waals surface area contributed by atoms with E-state index in [1.807, 2.05) is 23.1 Å². The van der Waals surface area contributed by atoms with E-state index >= 15 is 0 Å². The molecule has 1 atom stereocenters. The molecule has 17 heavy (non-hydrogen) atoms. The van der Waals surface area contributed by atoms with Crippen molar-refractivity contribution in [1.82, 2.24) is 0 Å². The summed E-state index contributed by atoms with van der Waals surface area (Å²) in [6, 6.07) is 8.29. The Morgan fingerprint density at radius 2 is 2.00 bits per heavy atom. The van der Waals surface area contributed by atoms with Gasteiger partial charge in [-0.25, -0.2) is 0 Å². The third-order valence-electron chi connectivity index (χ3n) is 3.36. The van der Waals surface area contributed by atoms with Gasteiger partial charge in [0.15, 0.2) is 0 Å². The molecule has 0 radical (unpaired) electrons. The number of rotatable bonds is 3. The predicted molar refractivity (Wildman–Crippen MR) is 71.2 cm³/mol. The molecule has 1 aliphatic rings. The first-order valence-electron chi connectivity index (χ1n) is 6.14. The van der Waals surface area contributed by atoms with Gasteiger partial charge in [-0.3, -0.25) is 4.79 Å². The molecule has 1 saturated heterocycles. The lowest BCUT2D eigenvalue weighted by molar-refractivity contribution is -0.117. The van der Waals surface area contributed by atoms with Crippen molar-refractivity contribution in [3.63, 3.8) is 0 Å². The molecule has 2 nitrogen and oxygen atoms in total. The fraction of sp³-hybridized carbons (Fsp3) is 0.400. The highest BCUT2D eigenvalue weighted by atomic mass is 16.2. The Morgan fingerprint density at radius 3 is 2.47 bits per heavy atom. The molecule has 2 rings (SSSR count). The van der Waals surface area contributed by atoms with Crippen molar-refractivity contribution in [2.75, 3.05) is 11.4 Å². The molecule has 2 heteroatoms. The summed E-state index contributed by atoms with van der Waals surface area (Å²) in [6.07, 6.45) is 2.47. The van der Waals surface area contributed by atoms with Crippen LogP contribution in [0.5, 0.6) is 0 Å². The summed E-state index contributed by atoms with van der Waals surface area (Å²) >= 11 is 0. The van der Waals surface area contributed by atoms with Crippen molar-refractivity contribution >= 4 is 11.6 Å². The van der Waals surface area contributed by atoms with Crippen molar-refractivity contribution in [1.29, 1.82) is 0 Å². The van der Waals surface area contributed by atoms with Crippen LogP contribution in [0.1, 0.15) is 31.7 Å². The molecule has 1 heterocycles. The summed E-state index contributed by atoms with van der Waals surface area (Å²) in [5, 5.41) is 0. The summed E-state index contributed by atoms with van der Waals surface area (Å²) in [7, 11) is 0. The Kier molecular flexibility index (Phi) is 3.32. The van der Waals surface area contributed by atoms with Gasteiger partial charge in [0.1, 0.15) is 0 Å². The van der Waals surface area contributed by atoms with Crippen LogP contribution in [-0.2, 0) is 4.79 Å². The number of anilines is 1. The van der Waals surface area contributed by atoms with Gasteiger partial charge in [-0.2, -0.15) is 0 Å². The lowest BCUT2D eigenvalue weighted by Gasteiger charge is -2.17. The summed E-state index contributed by atoms with van der Waals surface area (Å²) in [6.45, 7) is 8.87. The topological polar surface area (TPSA) is 20.3 Å². The van der Waals surface area contributed by atoms with Crippen molar-refractivity contribution in [3.8, 4) is 0 Å². The molecule has 0 spiro atoms. The maximum absolute atomic E-state index is 11.8. The van der Waals surface area contributed by atoms with Crippen LogP contribution in [0.15, 0.2) is 36.9 Å². The summed E-state index contributed by atoms with van der Waals surface area (Å²) < 4.78 is 0. The molecule has 1 aromatic carbocycles. The zero-order valence-electron chi connectivity index (χ0n) is 10.5. The van der Waals surface area contributed by atoms with Gasteiger partial charge in [0, 0.05) is 24.6 Å². The van der Waals surface area contributed by atoms with Gasteiger partial charge >= 0.3 is 0 Å². The quantitative estimate of drug-likeness (QED) is 0.728. The molecular weight excluding hydrogens is 210 g/mol. The van der Waals surface area contributed by atoms with Crippen LogP contribution in [0, 0.1) is 5.92 Å². The van der Waals surface area contributed by atoms with Crippen LogP contribution in [0.3, 0.4) is 0 Å². The van der Waals surface area contributed by atoms with Crippen molar-refractivity contribution in [2.24, 2.45) is 5.92 Å². The summed E-state index contributed by atoms with van der Waals surface area (Å²) in [4.78, 5) is 13.7. The van der Waals surface area contributed by atoms with E-state index in [0.29, 0.717) is 18.3 Å². The number of carbonyl (C=O) groups excluding carboxylic acids is 1. The van der Waals surface area contributed by atoms with Crippen molar-refractivity contribution in [3.05, 3.63) is 42.5 Å². The average Bonchev–Trinajstić information content (AvgIpc) is 2.71. The predicted octanol–water partition coefficient (Wildman–Crippen LogP) is 3.35. The fourth-order valence-electron chi connectivity index (χ4n) is 2.18. The van der Waals surface area contributed by atoms with E-state index in [1.165, 1.54) is 5.56 Å². The molecule has 1 aliphatic heterocycles. The average molecular weight is 229 g/mol. The van der Waals surface area contributed by atoms with E-state index < -0.39 is 0 Å². The molecule has 1 aromatic rings. The van der Waals surface area contributed by atoms with E-state index in [9.17, 15) is 4.79 Å². The van der Waals surface area contributed by atoms with Crippen LogP contribution in [0.4, 0.5) is 5.69 Å². The third kappa shape index (κ3) is 2.41. The van der Waals surface area contributed by atoms with Gasteiger partial charge in [-0.1, -0.05) is 32.1 Å². The molecule has 0 saturated carbocycles. The van der Waals surface area contributed by atoms with E-state index in [1.54, 1.807) is 0 Å². The van der Waals surface area contributed by atoms with Crippen molar-refractivity contribution in [2.45, 2.75) is 26.2 Å². The van der Waals surface area contributed by atoms with Gasteiger partial charge in [0.25, 0.3) is 0 Å². The van der Waals surface area contributed by atoms with E-state index in [-0.39, 0.29) is 5.91 Å². The van der Waals surface area contributed by atoms with Crippen molar-refractivity contribution < 1.29 is 4.79 Å². The lowest BCUT2D eigenvalue weighted by Crippen LogP contribution is -2.24. The number of benzene rings is 1. The highest BCUT2D eigenvalue weighted by Crippen LogP contribution is 2.26. The molecule has 0 bridgehead atoms. The normalized spacial score (nSPS) is 20.1. The van der Waals surface area contributed by atoms with E-state index in [0.717, 1.165) is 12.2 Å². The zero-order chi connectivity index (χ0) is 12.4. The number of amides is 1. The first-order chi connectivity index (χ1) is 8.11. The Balaban J connectivity index is 2.18. The summed E-state index contributed by atoms with van der Waals surface area (Å²) in [5.74, 6) is 1.03. The van der Waals surface area contributed by atoms with Gasteiger partial charge in [-0.15, -0.1) is 6.58 Å². The summed E-state index contributed by atoms with van der Waals surface area (Å²) in [5.41, 5.74) is 2.31. The van der Waals surface area contributed by atoms with Crippen LogP contribution < -0.4 is 4.90 Å². The van der Waals surface area contributed by atoms with Crippen LogP contribution in [0.25, 0.3) is 0 Å². The SMILES string of the molecule is C=CC1CC(=O)N(c2ccc(C(C)C)cc2)C1. The Hall–Kier alpha value is -1.57. The van der Waals surface area contributed by atoms with Crippen LogP contribution in [-0.4, -0.2) is 12.5 Å². The first-order valence-corrected chi connectivity index (χ1v) is 6.14. The Bertz CT molecular complexity index is 419. The number of carbonyl (C=O) groups is 1. The second-order valence-corrected chi connectivity index (χ2v) is 4.95. The first kappa shape index (κ1) is 11.9. The third-order valence-corrected chi connectivity index (χ3v) is 3.36. The minimum atomic E-state index is 0.201. The number of hydrogen-bond donors (Lipinski definition) is 0. The largest absolute Gasteiger partial charge is 0.312 e. The van der Waals surface area contributed by atoms with Gasteiger partial charge < -0.3 is 4.90 Å². The van der Waals surface area contributed by atoms with Gasteiger partial charge in [-0.05, 0) is 23.6 Å². The monoisotopic (exact) mass is 229 g/mol. The van der Waals surface area contributed by atoms with Crippen LogP contribution >= 0.6 is 0 Å². The van der Waals surface area contributed by atoms with E-state index in [2.05, 4.69) is 32.6 Å². The Labute approximate surface area is 103 Å². The Morgan fingerprint density at radius 1 is 1.35 bits per heavy atom. The maximum Gasteiger partial charge on any atom is 0.227 e. The zero-order valence-corrected chi connectivity index (χ0v) is 10.5. The number of hydrogen-bond acceptors (Lipinski definition) is 1. The minimum Gasteiger partial charge on any atom is -0.312 e. The highest BCUT2D eigenvalue weighted by Gasteiger charge is 2.28. The molecule has 1 fully saturated rings. The standard InChI is InChI=1S/C15H19NO/c1-4-12-9-15(17)16(10-12)14-7-5-13(6-8-14)11(2)3/h4-8,11-12H,1,9-10H2,2-3H3. The second-order valence-electron chi connectivity index (χ2n) is 4.95. The molecule has 0 aliphatic carbocycles. The second kappa shape index (κ2) is 4.74.